The van der Waals surface area contributed by atoms with Gasteiger partial charge in [0.25, 0.3) is 0 Å². The lowest BCUT2D eigenvalue weighted by molar-refractivity contribution is 0.156. The lowest BCUT2D eigenvalue weighted by Crippen LogP contribution is -2.37. The molecule has 0 amide bonds. The van der Waals surface area contributed by atoms with E-state index in [-0.39, 0.29) is 0 Å². The van der Waals surface area contributed by atoms with Crippen LogP contribution in [0.5, 0.6) is 0 Å². The first-order chi connectivity index (χ1) is 8.20. The fourth-order valence-electron chi connectivity index (χ4n) is 2.77. The molecule has 1 aliphatic carbocycles. The predicted molar refractivity (Wildman–Crippen MR) is 75.6 cm³/mol. The lowest BCUT2D eigenvalue weighted by atomic mass is 9.81. The first-order valence-electron chi connectivity index (χ1n) is 7.43. The van der Waals surface area contributed by atoms with E-state index in [4.69, 9.17) is 8.85 Å². The zero-order chi connectivity index (χ0) is 12.7. The van der Waals surface area contributed by atoms with E-state index in [9.17, 15) is 0 Å². The van der Waals surface area contributed by atoms with Gasteiger partial charge in [-0.05, 0) is 31.1 Å². The van der Waals surface area contributed by atoms with Crippen LogP contribution < -0.4 is 0 Å². The van der Waals surface area contributed by atoms with Gasteiger partial charge < -0.3 is 8.85 Å². The van der Waals surface area contributed by atoms with Crippen LogP contribution in [0.4, 0.5) is 0 Å². The van der Waals surface area contributed by atoms with Crippen LogP contribution in [0.3, 0.4) is 0 Å². The molecule has 0 radical (unpaired) electrons. The predicted octanol–water partition coefficient (Wildman–Crippen LogP) is 3.89. The average Bonchev–Trinajstić information content (AvgIpc) is 2.34. The van der Waals surface area contributed by atoms with Crippen molar-refractivity contribution in [2.75, 3.05) is 13.2 Å². The maximum atomic E-state index is 6.07. The SMILES string of the molecule is CCCO[SiH](OCCC)C1CCCC(C)C1C. The first-order valence-corrected chi connectivity index (χ1v) is 9.04. The molecule has 0 bridgehead atoms. The molecule has 0 saturated heterocycles. The van der Waals surface area contributed by atoms with Gasteiger partial charge in [0, 0.05) is 18.8 Å². The third-order valence-corrected chi connectivity index (χ3v) is 6.86. The quantitative estimate of drug-likeness (QED) is 0.645. The Morgan fingerprint density at radius 1 is 1.00 bits per heavy atom. The van der Waals surface area contributed by atoms with Crippen molar-refractivity contribution < 1.29 is 8.85 Å². The molecule has 1 saturated carbocycles. The molecule has 0 heterocycles. The highest BCUT2D eigenvalue weighted by molar-refractivity contribution is 6.46. The van der Waals surface area contributed by atoms with E-state index in [0.29, 0.717) is 0 Å². The highest BCUT2D eigenvalue weighted by Gasteiger charge is 2.36. The van der Waals surface area contributed by atoms with Gasteiger partial charge in [0.2, 0.25) is 0 Å². The van der Waals surface area contributed by atoms with Gasteiger partial charge in [0.1, 0.15) is 0 Å². The van der Waals surface area contributed by atoms with Crippen LogP contribution in [0.25, 0.3) is 0 Å². The van der Waals surface area contributed by atoms with Crippen LogP contribution >= 0.6 is 0 Å². The van der Waals surface area contributed by atoms with Crippen LogP contribution in [-0.2, 0) is 8.85 Å². The number of hydrogen-bond acceptors (Lipinski definition) is 2. The molecule has 0 aromatic heterocycles. The molecule has 3 heteroatoms. The van der Waals surface area contributed by atoms with E-state index in [2.05, 4.69) is 27.7 Å². The maximum Gasteiger partial charge on any atom is 0.324 e. The highest BCUT2D eigenvalue weighted by atomic mass is 28.3. The van der Waals surface area contributed by atoms with Gasteiger partial charge in [0.05, 0.1) is 0 Å². The summed E-state index contributed by atoms with van der Waals surface area (Å²) in [6, 6.07) is 0. The molecule has 2 nitrogen and oxygen atoms in total. The van der Waals surface area contributed by atoms with Crippen molar-refractivity contribution in [1.82, 2.24) is 0 Å². The van der Waals surface area contributed by atoms with Crippen molar-refractivity contribution in [3.63, 3.8) is 0 Å². The van der Waals surface area contributed by atoms with E-state index in [1.54, 1.807) is 0 Å². The van der Waals surface area contributed by atoms with E-state index < -0.39 is 9.28 Å². The third-order valence-electron chi connectivity index (χ3n) is 4.09. The number of rotatable bonds is 7. The van der Waals surface area contributed by atoms with Crippen LogP contribution in [-0.4, -0.2) is 22.5 Å². The van der Waals surface area contributed by atoms with Gasteiger partial charge in [-0.3, -0.25) is 0 Å². The van der Waals surface area contributed by atoms with Gasteiger partial charge in [-0.2, -0.15) is 0 Å². The normalized spacial score (nSPS) is 29.8. The monoisotopic (exact) mass is 258 g/mol. The molecule has 1 fully saturated rings. The zero-order valence-corrected chi connectivity index (χ0v) is 13.2. The van der Waals surface area contributed by atoms with Gasteiger partial charge >= 0.3 is 9.28 Å². The Morgan fingerprint density at radius 2 is 1.59 bits per heavy atom. The van der Waals surface area contributed by atoms with Crippen molar-refractivity contribution in [2.24, 2.45) is 11.8 Å². The standard InChI is InChI=1S/C14H30O2Si/c1-5-10-15-17(16-11-6-2)14-9-7-8-12(3)13(14)4/h12-14,17H,5-11H2,1-4H3. The molecule has 0 spiro atoms. The Bertz CT molecular complexity index is 191. The molecule has 0 N–H and O–H groups in total. The van der Waals surface area contributed by atoms with E-state index >= 15 is 0 Å². The van der Waals surface area contributed by atoms with Gasteiger partial charge in [-0.25, -0.2) is 0 Å². The Morgan fingerprint density at radius 3 is 2.12 bits per heavy atom. The summed E-state index contributed by atoms with van der Waals surface area (Å²) in [5.74, 6) is 1.63. The van der Waals surface area contributed by atoms with E-state index in [1.165, 1.54) is 19.3 Å². The first kappa shape index (κ1) is 15.2. The molecule has 3 unspecified atom stereocenters. The van der Waals surface area contributed by atoms with Crippen molar-refractivity contribution in [1.29, 1.82) is 0 Å². The van der Waals surface area contributed by atoms with Crippen molar-refractivity contribution in [3.05, 3.63) is 0 Å². The smallest absolute Gasteiger partial charge is 0.324 e. The van der Waals surface area contributed by atoms with Gasteiger partial charge in [0.15, 0.2) is 0 Å². The summed E-state index contributed by atoms with van der Waals surface area (Å²) in [5, 5.41) is 0. The van der Waals surface area contributed by atoms with E-state index in [1.807, 2.05) is 0 Å². The second kappa shape index (κ2) is 8.28. The minimum Gasteiger partial charge on any atom is -0.396 e. The second-order valence-corrected chi connectivity index (χ2v) is 7.80. The number of hydrogen-bond donors (Lipinski definition) is 0. The summed E-state index contributed by atoms with van der Waals surface area (Å²) in [6.07, 6.45) is 6.30. The third kappa shape index (κ3) is 4.72. The molecule has 0 aliphatic heterocycles. The molecule has 1 aliphatic rings. The average molecular weight is 258 g/mol. The van der Waals surface area contributed by atoms with Crippen molar-refractivity contribution in [3.8, 4) is 0 Å². The Kier molecular flexibility index (Phi) is 7.40. The van der Waals surface area contributed by atoms with Crippen molar-refractivity contribution in [2.45, 2.75) is 65.3 Å². The molecule has 102 valence electrons. The van der Waals surface area contributed by atoms with Gasteiger partial charge in [-0.15, -0.1) is 0 Å². The second-order valence-electron chi connectivity index (χ2n) is 5.54. The molecule has 0 aromatic rings. The van der Waals surface area contributed by atoms with Crippen molar-refractivity contribution >= 4 is 9.28 Å². The summed E-state index contributed by atoms with van der Waals surface area (Å²) in [7, 11) is -1.45. The van der Waals surface area contributed by atoms with Crippen LogP contribution in [0.1, 0.15) is 59.8 Å². The van der Waals surface area contributed by atoms with Crippen LogP contribution in [0.15, 0.2) is 0 Å². The lowest BCUT2D eigenvalue weighted by Gasteiger charge is -2.37. The Labute approximate surface area is 109 Å². The molecule has 3 atom stereocenters. The Hall–Kier alpha value is 0.137. The summed E-state index contributed by atoms with van der Waals surface area (Å²) >= 11 is 0. The zero-order valence-electron chi connectivity index (χ0n) is 12.1. The Balaban J connectivity index is 2.53. The molecular weight excluding hydrogens is 228 g/mol. The maximum absolute atomic E-state index is 6.07. The summed E-state index contributed by atoms with van der Waals surface area (Å²) in [5.41, 5.74) is 0.733. The minimum atomic E-state index is -1.45. The summed E-state index contributed by atoms with van der Waals surface area (Å²) in [6.45, 7) is 10.9. The fourth-order valence-corrected chi connectivity index (χ4v) is 5.68. The molecule has 17 heavy (non-hydrogen) atoms. The topological polar surface area (TPSA) is 18.5 Å². The molecule has 0 aromatic carbocycles. The van der Waals surface area contributed by atoms with Crippen LogP contribution in [0, 0.1) is 11.8 Å². The summed E-state index contributed by atoms with van der Waals surface area (Å²) < 4.78 is 12.1. The summed E-state index contributed by atoms with van der Waals surface area (Å²) in [4.78, 5) is 0. The fraction of sp³-hybridized carbons (Fsp3) is 1.00. The minimum absolute atomic E-state index is 0.733. The largest absolute Gasteiger partial charge is 0.396 e. The molecular formula is C14H30O2Si. The highest BCUT2D eigenvalue weighted by Crippen LogP contribution is 2.40. The van der Waals surface area contributed by atoms with Gasteiger partial charge in [-0.1, -0.05) is 40.5 Å². The molecule has 1 rings (SSSR count). The van der Waals surface area contributed by atoms with Crippen LogP contribution in [0.2, 0.25) is 5.54 Å². The van der Waals surface area contributed by atoms with E-state index in [0.717, 1.165) is 43.4 Å².